The number of furan rings is 1. The molecule has 1 aliphatic heterocycles. The summed E-state index contributed by atoms with van der Waals surface area (Å²) in [6.45, 7) is 4.39. The Hall–Kier alpha value is -4.31. The van der Waals surface area contributed by atoms with Crippen LogP contribution < -0.4 is 0 Å². The monoisotopic (exact) mass is 696 g/mol. The molecule has 4 heterocycles. The molecule has 0 saturated heterocycles. The minimum absolute atomic E-state index is 0. The summed E-state index contributed by atoms with van der Waals surface area (Å²) in [4.78, 5) is 9.22. The van der Waals surface area contributed by atoms with E-state index in [0.29, 0.717) is 6.04 Å². The fourth-order valence-corrected chi connectivity index (χ4v) is 5.50. The maximum Gasteiger partial charge on any atom is 0.120 e. The van der Waals surface area contributed by atoms with Crippen LogP contribution in [-0.4, -0.2) is 14.5 Å². The molecule has 1 unspecified atom stereocenters. The number of fused-ring (bicyclic) bond motifs is 3. The van der Waals surface area contributed by atoms with Gasteiger partial charge in [0.15, 0.2) is 0 Å². The van der Waals surface area contributed by atoms with E-state index in [-0.39, 0.29) is 20.1 Å². The van der Waals surface area contributed by atoms with E-state index in [9.17, 15) is 0 Å². The molecule has 0 spiro atoms. The zero-order valence-corrected chi connectivity index (χ0v) is 24.4. The second-order valence-corrected chi connectivity index (χ2v) is 9.75. The number of benzene rings is 4. The van der Waals surface area contributed by atoms with Crippen molar-refractivity contribution >= 4 is 38.5 Å². The van der Waals surface area contributed by atoms with Crippen LogP contribution >= 0.6 is 0 Å². The molecule has 0 bridgehead atoms. The quantitative estimate of drug-likeness (QED) is 0.170. The van der Waals surface area contributed by atoms with Crippen molar-refractivity contribution in [3.63, 3.8) is 0 Å². The number of aromatic nitrogens is 3. The van der Waals surface area contributed by atoms with Crippen LogP contribution in [0.1, 0.15) is 25.5 Å². The standard InChI is InChI=1S/C18H15N2.C17H10NO.Ir/c1-12-11-13(2)20-17-15(12)9-6-10-16(17)19-18(20)14-7-4-3-5-8-14;1-2-10-16-12(6-1)13-7-5-8-14(17(13)19-16)15-9-3-4-11-18-15;/h3-7,9-11,13H,1-2H3;1-7,9-11H;/q2*-1;. The van der Waals surface area contributed by atoms with Gasteiger partial charge in [0.1, 0.15) is 5.58 Å². The van der Waals surface area contributed by atoms with Gasteiger partial charge in [0.25, 0.3) is 0 Å². The van der Waals surface area contributed by atoms with Gasteiger partial charge in [-0.3, -0.25) is 4.98 Å². The van der Waals surface area contributed by atoms with Gasteiger partial charge < -0.3 is 14.0 Å². The predicted octanol–water partition coefficient (Wildman–Crippen LogP) is 8.93. The van der Waals surface area contributed by atoms with E-state index in [4.69, 9.17) is 9.40 Å². The summed E-state index contributed by atoms with van der Waals surface area (Å²) < 4.78 is 8.29. The first kappa shape index (κ1) is 25.9. The number of para-hydroxylation sites is 2. The zero-order chi connectivity index (χ0) is 26.3. The van der Waals surface area contributed by atoms with E-state index in [1.54, 1.807) is 6.20 Å². The minimum Gasteiger partial charge on any atom is -0.501 e. The van der Waals surface area contributed by atoms with Gasteiger partial charge in [0, 0.05) is 43.3 Å². The van der Waals surface area contributed by atoms with E-state index in [0.717, 1.165) is 50.1 Å². The van der Waals surface area contributed by atoms with Crippen molar-refractivity contribution in [2.24, 2.45) is 0 Å². The second-order valence-electron chi connectivity index (χ2n) is 9.75. The van der Waals surface area contributed by atoms with Gasteiger partial charge in [-0.2, -0.15) is 0 Å². The van der Waals surface area contributed by atoms with Crippen molar-refractivity contribution in [1.29, 1.82) is 0 Å². The van der Waals surface area contributed by atoms with Gasteiger partial charge in [-0.25, -0.2) is 0 Å². The molecule has 8 rings (SSSR count). The van der Waals surface area contributed by atoms with Crippen LogP contribution in [-0.2, 0) is 20.1 Å². The molecule has 4 aromatic carbocycles. The van der Waals surface area contributed by atoms with Crippen LogP contribution in [0.15, 0.2) is 114 Å². The number of rotatable bonds is 2. The SMILES string of the molecule is CC1=CC(C)n2c(-c3[c-]cccc3)nc3cccc1c32.[Ir].[c-]1ccc2c(oc3ccccc32)c1-c1ccccn1. The van der Waals surface area contributed by atoms with Crippen molar-refractivity contribution in [2.45, 2.75) is 19.9 Å². The van der Waals surface area contributed by atoms with Crippen molar-refractivity contribution < 1.29 is 24.5 Å². The Bertz CT molecular complexity index is 1990. The number of pyridine rings is 1. The Morgan fingerprint density at radius 3 is 2.50 bits per heavy atom. The molecular weight excluding hydrogens is 671 g/mol. The third-order valence-corrected chi connectivity index (χ3v) is 7.24. The van der Waals surface area contributed by atoms with Gasteiger partial charge in [-0.1, -0.05) is 59.5 Å². The maximum atomic E-state index is 5.97. The number of imidazole rings is 1. The van der Waals surface area contributed by atoms with Crippen LogP contribution in [0, 0.1) is 12.1 Å². The molecule has 3 aromatic heterocycles. The van der Waals surface area contributed by atoms with Crippen LogP contribution in [0.4, 0.5) is 0 Å². The molecule has 1 atom stereocenters. The Morgan fingerprint density at radius 1 is 0.825 bits per heavy atom. The van der Waals surface area contributed by atoms with Crippen LogP contribution in [0.5, 0.6) is 0 Å². The number of hydrogen-bond acceptors (Lipinski definition) is 3. The first-order chi connectivity index (χ1) is 19.2. The summed E-state index contributed by atoms with van der Waals surface area (Å²) in [6, 6.07) is 39.1. The van der Waals surface area contributed by atoms with E-state index in [1.165, 1.54) is 16.7 Å². The zero-order valence-electron chi connectivity index (χ0n) is 22.1. The average Bonchev–Trinajstić information content (AvgIpc) is 3.57. The van der Waals surface area contributed by atoms with E-state index >= 15 is 0 Å². The topological polar surface area (TPSA) is 43.9 Å². The Kier molecular flexibility index (Phi) is 6.93. The van der Waals surface area contributed by atoms with E-state index in [1.807, 2.05) is 66.7 Å². The van der Waals surface area contributed by atoms with Gasteiger partial charge in [0.2, 0.25) is 0 Å². The third kappa shape index (κ3) is 4.38. The van der Waals surface area contributed by atoms with E-state index < -0.39 is 0 Å². The average molecular weight is 696 g/mol. The number of allylic oxidation sites excluding steroid dienone is 2. The molecule has 0 aliphatic carbocycles. The summed E-state index contributed by atoms with van der Waals surface area (Å²) in [7, 11) is 0. The molecule has 197 valence electrons. The van der Waals surface area contributed by atoms with Crippen molar-refractivity contribution in [3.05, 3.63) is 127 Å². The number of nitrogens with zero attached hydrogens (tertiary/aromatic N) is 3. The third-order valence-electron chi connectivity index (χ3n) is 7.24. The molecule has 5 heteroatoms. The molecule has 40 heavy (non-hydrogen) atoms. The van der Waals surface area contributed by atoms with Crippen molar-refractivity contribution in [3.8, 4) is 22.6 Å². The molecule has 1 radical (unpaired) electrons. The maximum absolute atomic E-state index is 5.97. The van der Waals surface area contributed by atoms with Crippen molar-refractivity contribution in [2.75, 3.05) is 0 Å². The van der Waals surface area contributed by atoms with Crippen molar-refractivity contribution in [1.82, 2.24) is 14.5 Å². The fraction of sp³-hybridized carbons (Fsp3) is 0.0857. The molecule has 1 aliphatic rings. The molecule has 7 aromatic rings. The van der Waals surface area contributed by atoms with Gasteiger partial charge >= 0.3 is 0 Å². The van der Waals surface area contributed by atoms with Gasteiger partial charge in [-0.15, -0.1) is 54.1 Å². The molecule has 0 N–H and O–H groups in total. The Balaban J connectivity index is 0.000000141. The van der Waals surface area contributed by atoms with E-state index in [2.05, 4.69) is 71.9 Å². The molecule has 0 amide bonds. The first-order valence-corrected chi connectivity index (χ1v) is 13.1. The molecule has 0 fully saturated rings. The van der Waals surface area contributed by atoms with Gasteiger partial charge in [0.05, 0.1) is 22.4 Å². The Labute approximate surface area is 246 Å². The smallest absolute Gasteiger partial charge is 0.120 e. The Morgan fingerprint density at radius 2 is 1.68 bits per heavy atom. The summed E-state index contributed by atoms with van der Waals surface area (Å²) in [6.07, 6.45) is 4.08. The summed E-state index contributed by atoms with van der Waals surface area (Å²) in [5.41, 5.74) is 9.52. The second kappa shape index (κ2) is 10.7. The minimum atomic E-state index is 0. The van der Waals surface area contributed by atoms with Crippen LogP contribution in [0.25, 0.3) is 61.2 Å². The summed E-state index contributed by atoms with van der Waals surface area (Å²) in [5, 5.41) is 2.23. The molecule has 4 nitrogen and oxygen atoms in total. The summed E-state index contributed by atoms with van der Waals surface area (Å²) in [5.74, 6) is 1.00. The molecule has 0 saturated carbocycles. The number of hydrogen-bond donors (Lipinski definition) is 0. The molecular formula is C35H25IrN3O-2. The van der Waals surface area contributed by atoms with Crippen LogP contribution in [0.3, 0.4) is 0 Å². The predicted molar refractivity (Wildman–Crippen MR) is 158 cm³/mol. The van der Waals surface area contributed by atoms with Crippen LogP contribution in [0.2, 0.25) is 0 Å². The normalized spacial score (nSPS) is 13.9. The van der Waals surface area contributed by atoms with Gasteiger partial charge in [-0.05, 0) is 43.3 Å². The first-order valence-electron chi connectivity index (χ1n) is 13.1. The fourth-order valence-electron chi connectivity index (χ4n) is 5.50. The summed E-state index contributed by atoms with van der Waals surface area (Å²) >= 11 is 0. The largest absolute Gasteiger partial charge is 0.501 e.